The van der Waals surface area contributed by atoms with Crippen molar-refractivity contribution in [3.8, 4) is 0 Å². The summed E-state index contributed by atoms with van der Waals surface area (Å²) in [5, 5.41) is 47.4. The Kier molecular flexibility index (Phi) is 3.34. The number of aliphatic hydroxyl groups excluding tert-OH is 4. The molecule has 0 saturated heterocycles. The molecule has 0 aliphatic carbocycles. The number of aromatic nitrogens is 3. The van der Waals surface area contributed by atoms with Crippen molar-refractivity contribution in [2.75, 3.05) is 0 Å². The quantitative estimate of drug-likeness (QED) is 0.463. The molecule has 0 atom stereocenters. The van der Waals surface area contributed by atoms with Crippen molar-refractivity contribution in [1.29, 1.82) is 0 Å². The van der Waals surface area contributed by atoms with E-state index in [4.69, 9.17) is 0 Å². The number of H-pyrrole nitrogens is 1. The second kappa shape index (κ2) is 4.76. The molecule has 0 spiro atoms. The predicted octanol–water partition coefficient (Wildman–Crippen LogP) is -1.07. The van der Waals surface area contributed by atoms with Crippen molar-refractivity contribution in [2.24, 2.45) is 0 Å². The fourth-order valence-electron chi connectivity index (χ4n) is 2.02. The van der Waals surface area contributed by atoms with Gasteiger partial charge < -0.3 is 20.4 Å². The molecular weight excluding hydrogens is 226 g/mol. The van der Waals surface area contributed by atoms with Crippen molar-refractivity contribution in [3.05, 3.63) is 22.3 Å². The van der Waals surface area contributed by atoms with E-state index in [1.807, 2.05) is 0 Å². The lowest BCUT2D eigenvalue weighted by atomic mass is 9.95. The molecule has 1 aromatic heterocycles. The molecule has 0 aliphatic heterocycles. The van der Waals surface area contributed by atoms with E-state index < -0.39 is 0 Å². The van der Waals surface area contributed by atoms with Crippen molar-refractivity contribution >= 4 is 11.0 Å². The van der Waals surface area contributed by atoms with E-state index >= 15 is 0 Å². The maximum Gasteiger partial charge on any atom is 0.119 e. The van der Waals surface area contributed by atoms with Gasteiger partial charge in [0.05, 0.1) is 26.4 Å². The number of hydrogen-bond donors (Lipinski definition) is 5. The first-order valence-corrected chi connectivity index (χ1v) is 5.07. The minimum Gasteiger partial charge on any atom is -0.392 e. The van der Waals surface area contributed by atoms with Gasteiger partial charge in [-0.15, -0.1) is 0 Å². The molecule has 0 bridgehead atoms. The van der Waals surface area contributed by atoms with Crippen LogP contribution in [0.4, 0.5) is 0 Å². The Balaban J connectivity index is 2.89. The van der Waals surface area contributed by atoms with Gasteiger partial charge in [0, 0.05) is 11.1 Å². The van der Waals surface area contributed by atoms with Crippen LogP contribution in [-0.2, 0) is 26.4 Å². The van der Waals surface area contributed by atoms with Crippen LogP contribution in [0, 0.1) is 0 Å². The minimum absolute atomic E-state index is 0.322. The van der Waals surface area contributed by atoms with Gasteiger partial charge >= 0.3 is 0 Å². The van der Waals surface area contributed by atoms with Crippen LogP contribution in [0.2, 0.25) is 0 Å². The Morgan fingerprint density at radius 1 is 0.647 bits per heavy atom. The molecule has 0 radical (unpaired) electrons. The third-order valence-electron chi connectivity index (χ3n) is 2.84. The van der Waals surface area contributed by atoms with Crippen LogP contribution >= 0.6 is 0 Å². The number of nitrogens with zero attached hydrogens (tertiary/aromatic N) is 2. The predicted molar refractivity (Wildman–Crippen MR) is 57.6 cm³/mol. The number of aliphatic hydroxyl groups is 4. The minimum atomic E-state index is -0.346. The lowest BCUT2D eigenvalue weighted by Gasteiger charge is -2.14. The van der Waals surface area contributed by atoms with Crippen molar-refractivity contribution in [3.63, 3.8) is 0 Å². The van der Waals surface area contributed by atoms with Gasteiger partial charge in [-0.2, -0.15) is 15.4 Å². The highest BCUT2D eigenvalue weighted by atomic mass is 16.3. The zero-order valence-corrected chi connectivity index (χ0v) is 9.01. The van der Waals surface area contributed by atoms with Gasteiger partial charge in [-0.1, -0.05) is 0 Å². The summed E-state index contributed by atoms with van der Waals surface area (Å²) in [5.74, 6) is 0. The maximum absolute atomic E-state index is 9.32. The second-order valence-corrected chi connectivity index (χ2v) is 3.57. The summed E-state index contributed by atoms with van der Waals surface area (Å²) >= 11 is 0. The summed E-state index contributed by atoms with van der Waals surface area (Å²) in [4.78, 5) is 0. The fraction of sp³-hybridized carbons (Fsp3) is 0.400. The van der Waals surface area contributed by atoms with Crippen molar-refractivity contribution < 1.29 is 20.4 Å². The summed E-state index contributed by atoms with van der Waals surface area (Å²) < 4.78 is 0. The van der Waals surface area contributed by atoms with Gasteiger partial charge in [0.15, 0.2) is 0 Å². The van der Waals surface area contributed by atoms with Gasteiger partial charge in [-0.05, 0) is 11.1 Å². The van der Waals surface area contributed by atoms with Crippen LogP contribution in [0.25, 0.3) is 11.0 Å². The maximum atomic E-state index is 9.32. The molecule has 0 aliphatic rings. The highest BCUT2D eigenvalue weighted by molar-refractivity contribution is 5.84. The van der Waals surface area contributed by atoms with E-state index in [0.717, 1.165) is 0 Å². The largest absolute Gasteiger partial charge is 0.392 e. The highest BCUT2D eigenvalue weighted by Crippen LogP contribution is 2.28. The Bertz CT molecular complexity index is 492. The molecule has 17 heavy (non-hydrogen) atoms. The smallest absolute Gasteiger partial charge is 0.119 e. The average molecular weight is 239 g/mol. The molecule has 2 rings (SSSR count). The number of nitrogens with one attached hydrogen (secondary N) is 1. The molecule has 2 aromatic rings. The summed E-state index contributed by atoms with van der Waals surface area (Å²) in [6.07, 6.45) is 0. The van der Waals surface area contributed by atoms with Crippen LogP contribution in [0.1, 0.15) is 22.3 Å². The lowest BCUT2D eigenvalue weighted by Crippen LogP contribution is -2.07. The SMILES string of the molecule is OCc1c(CO)c(CO)c2n[nH]nc2c1CO. The van der Waals surface area contributed by atoms with Gasteiger partial charge in [0.1, 0.15) is 11.0 Å². The molecule has 0 unspecified atom stereocenters. The fourth-order valence-corrected chi connectivity index (χ4v) is 2.02. The Hall–Kier alpha value is -1.54. The molecule has 7 heteroatoms. The number of rotatable bonds is 4. The highest BCUT2D eigenvalue weighted by Gasteiger charge is 2.20. The van der Waals surface area contributed by atoms with Crippen molar-refractivity contribution in [2.45, 2.75) is 26.4 Å². The number of aromatic amines is 1. The van der Waals surface area contributed by atoms with E-state index in [0.29, 0.717) is 33.3 Å². The molecule has 1 aromatic carbocycles. The van der Waals surface area contributed by atoms with Gasteiger partial charge in [0.2, 0.25) is 0 Å². The van der Waals surface area contributed by atoms with Crippen LogP contribution in [0.5, 0.6) is 0 Å². The zero-order chi connectivity index (χ0) is 12.4. The van der Waals surface area contributed by atoms with Crippen molar-refractivity contribution in [1.82, 2.24) is 15.4 Å². The van der Waals surface area contributed by atoms with Crippen LogP contribution in [-0.4, -0.2) is 35.8 Å². The Labute approximate surface area is 96.3 Å². The molecule has 5 N–H and O–H groups in total. The topological polar surface area (TPSA) is 122 Å². The molecular formula is C10H13N3O4. The summed E-state index contributed by atoms with van der Waals surface area (Å²) in [6, 6.07) is 0. The Morgan fingerprint density at radius 2 is 1.00 bits per heavy atom. The molecule has 92 valence electrons. The molecule has 0 amide bonds. The molecule has 0 fully saturated rings. The normalized spacial score (nSPS) is 11.3. The van der Waals surface area contributed by atoms with Crippen LogP contribution in [0.15, 0.2) is 0 Å². The average Bonchev–Trinajstić information content (AvgIpc) is 2.84. The lowest BCUT2D eigenvalue weighted by molar-refractivity contribution is 0.241. The molecule has 7 nitrogen and oxygen atoms in total. The zero-order valence-electron chi connectivity index (χ0n) is 9.01. The third kappa shape index (κ3) is 1.69. The standard InChI is InChI=1S/C10H13N3O4/c14-1-5-6(2-15)8(4-17)10-9(7(5)3-16)11-13-12-10/h14-17H,1-4H2,(H,11,12,13). The Morgan fingerprint density at radius 3 is 1.29 bits per heavy atom. The van der Waals surface area contributed by atoms with E-state index in [9.17, 15) is 20.4 Å². The van der Waals surface area contributed by atoms with Gasteiger partial charge in [-0.3, -0.25) is 0 Å². The first kappa shape index (κ1) is 11.9. The molecule has 1 heterocycles. The van der Waals surface area contributed by atoms with E-state index in [2.05, 4.69) is 15.4 Å². The summed E-state index contributed by atoms with van der Waals surface area (Å²) in [5.41, 5.74) is 2.41. The summed E-state index contributed by atoms with van der Waals surface area (Å²) in [7, 11) is 0. The van der Waals surface area contributed by atoms with Gasteiger partial charge in [0.25, 0.3) is 0 Å². The van der Waals surface area contributed by atoms with E-state index in [1.54, 1.807) is 0 Å². The first-order chi connectivity index (χ1) is 8.28. The summed E-state index contributed by atoms with van der Waals surface area (Å²) in [6.45, 7) is -1.33. The van der Waals surface area contributed by atoms with E-state index in [-0.39, 0.29) is 26.4 Å². The first-order valence-electron chi connectivity index (χ1n) is 5.07. The molecule has 0 saturated carbocycles. The second-order valence-electron chi connectivity index (χ2n) is 3.57. The van der Waals surface area contributed by atoms with Gasteiger partial charge in [-0.25, -0.2) is 0 Å². The third-order valence-corrected chi connectivity index (χ3v) is 2.84. The number of fused-ring (bicyclic) bond motifs is 1. The van der Waals surface area contributed by atoms with Crippen LogP contribution in [0.3, 0.4) is 0 Å². The number of hydrogen-bond acceptors (Lipinski definition) is 6. The monoisotopic (exact) mass is 239 g/mol. The van der Waals surface area contributed by atoms with Crippen LogP contribution < -0.4 is 0 Å². The number of benzene rings is 1. The van der Waals surface area contributed by atoms with E-state index in [1.165, 1.54) is 0 Å².